The standard InChI is InChI=1S/C9H15O2.C7H11O.2CH4.2Y.2H2/c1-8-2-4-9(5-3-8)10-6-7-11-9;1-6-2-4-7(8)5-3-6;;;;;;/h8H,1-7H2;6H,1-5H2;2*1H4;;;2*1H/q2*-1;;;;;;. The number of carbonyl (C=O) groups excluding carboxylic acids is 1. The minimum Gasteiger partial charge on any atom is -0.348 e. The first-order valence-electron chi connectivity index (χ1n) is 7.55. The molecule has 136 valence electrons. The molecule has 1 heterocycles. The first-order valence-corrected chi connectivity index (χ1v) is 7.55. The molecule has 0 aromatic heterocycles. The maximum absolute atomic E-state index is 10.6. The van der Waals surface area contributed by atoms with Crippen LogP contribution in [-0.2, 0) is 79.7 Å². The third kappa shape index (κ3) is 10.5. The molecular weight excluding hydrogens is 442 g/mol. The summed E-state index contributed by atoms with van der Waals surface area (Å²) < 4.78 is 11.2. The van der Waals surface area contributed by atoms with Gasteiger partial charge in [0, 0.05) is 81.1 Å². The number of rotatable bonds is 0. The molecule has 3 rings (SSSR count). The van der Waals surface area contributed by atoms with Gasteiger partial charge in [0.05, 0.1) is 13.2 Å². The van der Waals surface area contributed by atoms with Crippen molar-refractivity contribution in [3.8, 4) is 0 Å². The van der Waals surface area contributed by atoms with Gasteiger partial charge in [0.15, 0.2) is 5.79 Å². The van der Waals surface area contributed by atoms with Crippen molar-refractivity contribution in [2.75, 3.05) is 13.2 Å². The average Bonchev–Trinajstić information content (AvgIpc) is 2.87. The Hall–Kier alpha value is 1.80. The fraction of sp³-hybridized carbons (Fsp3) is 0.833. The van der Waals surface area contributed by atoms with Crippen LogP contribution in [0.15, 0.2) is 0 Å². The van der Waals surface area contributed by atoms with E-state index in [2.05, 4.69) is 13.8 Å². The normalized spacial score (nSPS) is 23.3. The van der Waals surface area contributed by atoms with Crippen LogP contribution in [0.5, 0.6) is 0 Å². The van der Waals surface area contributed by atoms with Crippen LogP contribution in [0, 0.1) is 25.7 Å². The summed E-state index contributed by atoms with van der Waals surface area (Å²) in [5, 5.41) is 0. The summed E-state index contributed by atoms with van der Waals surface area (Å²) in [6, 6.07) is 0. The Morgan fingerprint density at radius 2 is 1.26 bits per heavy atom. The minimum atomic E-state index is -0.186. The third-order valence-electron chi connectivity index (χ3n) is 4.34. The first-order chi connectivity index (χ1) is 9.10. The Morgan fingerprint density at radius 1 is 0.870 bits per heavy atom. The Morgan fingerprint density at radius 3 is 1.65 bits per heavy atom. The van der Waals surface area contributed by atoms with E-state index in [-0.39, 0.29) is 88.9 Å². The maximum atomic E-state index is 10.6. The second kappa shape index (κ2) is 14.9. The fourth-order valence-electron chi connectivity index (χ4n) is 2.90. The number of carbonyl (C=O) groups is 1. The van der Waals surface area contributed by atoms with Gasteiger partial charge in [-0.25, -0.2) is 0 Å². The molecule has 0 amide bonds. The van der Waals surface area contributed by atoms with Crippen LogP contribution < -0.4 is 0 Å². The second-order valence-electron chi connectivity index (χ2n) is 6.03. The van der Waals surface area contributed by atoms with E-state index in [0.717, 1.165) is 64.6 Å². The van der Waals surface area contributed by atoms with Gasteiger partial charge in [-0.15, -0.1) is 0 Å². The molecule has 23 heavy (non-hydrogen) atoms. The van der Waals surface area contributed by atoms with Crippen molar-refractivity contribution < 1.29 is 82.5 Å². The van der Waals surface area contributed by atoms with Gasteiger partial charge < -0.3 is 23.3 Å². The van der Waals surface area contributed by atoms with Crippen LogP contribution in [0.1, 0.15) is 69.1 Å². The molecule has 0 unspecified atom stereocenters. The molecule has 0 aromatic carbocycles. The predicted molar refractivity (Wildman–Crippen MR) is 92.0 cm³/mol. The summed E-state index contributed by atoms with van der Waals surface area (Å²) in [5.74, 6) is 1.40. The summed E-state index contributed by atoms with van der Waals surface area (Å²) >= 11 is 0. The Bertz CT molecular complexity index is 295. The van der Waals surface area contributed by atoms with Gasteiger partial charge in [-0.2, -0.15) is 11.8 Å². The molecule has 3 aliphatic rings. The van der Waals surface area contributed by atoms with E-state index in [9.17, 15) is 4.79 Å². The van der Waals surface area contributed by atoms with E-state index < -0.39 is 0 Å². The van der Waals surface area contributed by atoms with Crippen LogP contribution in [0.3, 0.4) is 0 Å². The molecule has 1 saturated heterocycles. The maximum Gasteiger partial charge on any atom is 0.168 e. The quantitative estimate of drug-likeness (QED) is 0.453. The van der Waals surface area contributed by atoms with Gasteiger partial charge in [0.2, 0.25) is 0 Å². The van der Waals surface area contributed by atoms with E-state index in [0.29, 0.717) is 17.6 Å². The monoisotopic (exact) mass is 480 g/mol. The van der Waals surface area contributed by atoms with Crippen molar-refractivity contribution in [3.05, 3.63) is 13.8 Å². The average molecular weight is 480 g/mol. The van der Waals surface area contributed by atoms with Crippen molar-refractivity contribution in [2.24, 2.45) is 11.8 Å². The number of ketones is 1. The molecule has 3 fully saturated rings. The first kappa shape index (κ1) is 29.6. The van der Waals surface area contributed by atoms with Gasteiger partial charge in [-0.05, 0) is 12.8 Å². The van der Waals surface area contributed by atoms with Crippen molar-refractivity contribution in [3.63, 3.8) is 0 Å². The largest absolute Gasteiger partial charge is 0.348 e. The van der Waals surface area contributed by atoms with Crippen LogP contribution in [0.25, 0.3) is 0 Å². The topological polar surface area (TPSA) is 35.5 Å². The van der Waals surface area contributed by atoms with Gasteiger partial charge in [0.1, 0.15) is 5.78 Å². The minimum absolute atomic E-state index is 0. The summed E-state index contributed by atoms with van der Waals surface area (Å²) in [6.45, 7) is 9.48. The molecule has 3 nitrogen and oxygen atoms in total. The Labute approximate surface area is 197 Å². The third-order valence-corrected chi connectivity index (χ3v) is 4.34. The molecule has 0 bridgehead atoms. The van der Waals surface area contributed by atoms with E-state index in [1.54, 1.807) is 0 Å². The number of hydrogen-bond donors (Lipinski definition) is 0. The zero-order chi connectivity index (χ0) is 13.7. The molecule has 0 aromatic rings. The summed E-state index contributed by atoms with van der Waals surface area (Å²) in [5.41, 5.74) is 0. The number of Topliss-reactive ketones (excluding diaryl/α,β-unsaturated/α-hetero) is 1. The van der Waals surface area contributed by atoms with E-state index in [1.165, 1.54) is 0 Å². The van der Waals surface area contributed by atoms with Gasteiger partial charge >= 0.3 is 0 Å². The van der Waals surface area contributed by atoms with Crippen molar-refractivity contribution in [1.29, 1.82) is 0 Å². The SMILES string of the molecule is C.C.[CH2-]C1CCC(=O)CC1.[CH2-]C1CCC2(CC1)OCCO2.[HH].[HH].[Y].[Y]. The molecule has 1 spiro atoms. The summed E-state index contributed by atoms with van der Waals surface area (Å²) in [4.78, 5) is 10.6. The predicted octanol–water partition coefficient (Wildman–Crippen LogP) is 5.09. The smallest absolute Gasteiger partial charge is 0.168 e. The Balaban J connectivity index is -0.0000000885. The summed E-state index contributed by atoms with van der Waals surface area (Å²) in [7, 11) is 0. The Kier molecular flexibility index (Phi) is 19.2. The van der Waals surface area contributed by atoms with Crippen LogP contribution >= 0.6 is 0 Å². The van der Waals surface area contributed by atoms with Gasteiger partial charge in [-0.3, -0.25) is 4.79 Å². The summed E-state index contributed by atoms with van der Waals surface area (Å²) in [6.07, 6.45) is 7.96. The molecule has 5 heteroatoms. The van der Waals surface area contributed by atoms with Gasteiger partial charge in [-0.1, -0.05) is 40.5 Å². The van der Waals surface area contributed by atoms with E-state index in [1.807, 2.05) is 0 Å². The van der Waals surface area contributed by atoms with Crippen molar-refractivity contribution >= 4 is 5.78 Å². The number of hydrogen-bond acceptors (Lipinski definition) is 3. The molecule has 2 saturated carbocycles. The molecule has 0 N–H and O–H groups in total. The fourth-order valence-corrected chi connectivity index (χ4v) is 2.90. The zero-order valence-corrected chi connectivity index (χ0v) is 18.7. The van der Waals surface area contributed by atoms with E-state index >= 15 is 0 Å². The van der Waals surface area contributed by atoms with Crippen LogP contribution in [0.2, 0.25) is 0 Å². The number of ether oxygens (including phenoxy) is 2. The van der Waals surface area contributed by atoms with E-state index in [4.69, 9.17) is 9.47 Å². The van der Waals surface area contributed by atoms with Crippen molar-refractivity contribution in [2.45, 2.75) is 72.0 Å². The molecular formula is C18H38O3Y2-2. The van der Waals surface area contributed by atoms with Crippen LogP contribution in [-0.4, -0.2) is 24.8 Å². The van der Waals surface area contributed by atoms with Crippen molar-refractivity contribution in [1.82, 2.24) is 0 Å². The molecule has 2 aliphatic carbocycles. The van der Waals surface area contributed by atoms with Gasteiger partial charge in [0.25, 0.3) is 0 Å². The van der Waals surface area contributed by atoms with Crippen LogP contribution in [0.4, 0.5) is 0 Å². The zero-order valence-electron chi connectivity index (χ0n) is 13.0. The molecule has 2 radical (unpaired) electrons. The molecule has 0 atom stereocenters. The second-order valence-corrected chi connectivity index (χ2v) is 6.03. The molecule has 1 aliphatic heterocycles.